The van der Waals surface area contributed by atoms with E-state index < -0.39 is 0 Å². The van der Waals surface area contributed by atoms with Gasteiger partial charge in [0, 0.05) is 18.9 Å². The molecule has 0 bridgehead atoms. The van der Waals surface area contributed by atoms with Gasteiger partial charge in [-0.25, -0.2) is 4.98 Å². The van der Waals surface area contributed by atoms with Crippen LogP contribution >= 0.6 is 11.8 Å². The van der Waals surface area contributed by atoms with E-state index in [9.17, 15) is 4.79 Å². The molecule has 2 aromatic rings. The van der Waals surface area contributed by atoms with Crippen LogP contribution in [0.2, 0.25) is 0 Å². The summed E-state index contributed by atoms with van der Waals surface area (Å²) in [4.78, 5) is 16.4. The quantitative estimate of drug-likeness (QED) is 0.657. The van der Waals surface area contributed by atoms with Crippen LogP contribution in [0.3, 0.4) is 0 Å². The zero-order valence-electron chi connectivity index (χ0n) is 13.2. The second kappa shape index (κ2) is 7.31. The molecule has 1 aromatic heterocycles. The number of benzene rings is 1. The summed E-state index contributed by atoms with van der Waals surface area (Å²) >= 11 is 1.45. The molecule has 0 aliphatic heterocycles. The Bertz CT molecular complexity index is 678. The van der Waals surface area contributed by atoms with Gasteiger partial charge in [0.2, 0.25) is 5.91 Å². The SMILES string of the molecule is C=CCNC(=O)C(C)Sc1nccn1-c1cc(C)ccc1C. The Morgan fingerprint density at radius 3 is 3.00 bits per heavy atom. The Balaban J connectivity index is 2.21. The molecule has 5 heteroatoms. The van der Waals surface area contributed by atoms with Gasteiger partial charge in [-0.15, -0.1) is 6.58 Å². The van der Waals surface area contributed by atoms with E-state index in [0.29, 0.717) is 6.54 Å². The molecule has 0 aliphatic carbocycles. The summed E-state index contributed by atoms with van der Waals surface area (Å²) < 4.78 is 2.03. The summed E-state index contributed by atoms with van der Waals surface area (Å²) in [5, 5.41) is 3.41. The van der Waals surface area contributed by atoms with Crippen molar-refractivity contribution < 1.29 is 4.79 Å². The van der Waals surface area contributed by atoms with Gasteiger partial charge in [-0.1, -0.05) is 30.0 Å². The summed E-state index contributed by atoms with van der Waals surface area (Å²) in [7, 11) is 0. The molecule has 4 nitrogen and oxygen atoms in total. The van der Waals surface area contributed by atoms with Gasteiger partial charge < -0.3 is 5.32 Å². The molecule has 1 unspecified atom stereocenters. The van der Waals surface area contributed by atoms with E-state index in [1.807, 2.05) is 17.7 Å². The number of aryl methyl sites for hydroxylation is 2. The van der Waals surface area contributed by atoms with Crippen LogP contribution in [0.5, 0.6) is 0 Å². The first-order valence-corrected chi connectivity index (χ1v) is 8.07. The van der Waals surface area contributed by atoms with Crippen LogP contribution in [0, 0.1) is 13.8 Å². The van der Waals surface area contributed by atoms with E-state index in [4.69, 9.17) is 0 Å². The van der Waals surface area contributed by atoms with Crippen molar-refractivity contribution in [3.8, 4) is 5.69 Å². The van der Waals surface area contributed by atoms with Crippen LogP contribution in [0.15, 0.2) is 48.4 Å². The molecule has 0 saturated carbocycles. The van der Waals surface area contributed by atoms with Crippen molar-refractivity contribution in [2.45, 2.75) is 31.2 Å². The molecule has 1 N–H and O–H groups in total. The molecule has 0 saturated heterocycles. The normalized spacial score (nSPS) is 12.0. The van der Waals surface area contributed by atoms with Gasteiger partial charge >= 0.3 is 0 Å². The third-order valence-electron chi connectivity index (χ3n) is 3.30. The molecule has 1 aromatic carbocycles. The molecule has 0 radical (unpaired) electrons. The van der Waals surface area contributed by atoms with E-state index in [1.165, 1.54) is 22.9 Å². The molecule has 1 atom stereocenters. The minimum atomic E-state index is -0.216. The van der Waals surface area contributed by atoms with E-state index in [1.54, 1.807) is 12.3 Å². The van der Waals surface area contributed by atoms with Gasteiger partial charge in [0.05, 0.1) is 10.9 Å². The minimum absolute atomic E-state index is 0.0135. The molecular weight excluding hydrogens is 294 g/mol. The number of imidazole rings is 1. The summed E-state index contributed by atoms with van der Waals surface area (Å²) in [5.41, 5.74) is 3.47. The molecule has 0 fully saturated rings. The van der Waals surface area contributed by atoms with Crippen LogP contribution in [0.4, 0.5) is 0 Å². The van der Waals surface area contributed by atoms with E-state index in [0.717, 1.165) is 10.8 Å². The lowest BCUT2D eigenvalue weighted by atomic mass is 10.1. The molecule has 0 aliphatic rings. The largest absolute Gasteiger partial charge is 0.352 e. The smallest absolute Gasteiger partial charge is 0.233 e. The third kappa shape index (κ3) is 3.80. The van der Waals surface area contributed by atoms with Crippen molar-refractivity contribution in [3.63, 3.8) is 0 Å². The zero-order valence-corrected chi connectivity index (χ0v) is 14.0. The molecule has 1 amide bonds. The predicted molar refractivity (Wildman–Crippen MR) is 91.6 cm³/mol. The van der Waals surface area contributed by atoms with Gasteiger partial charge in [-0.2, -0.15) is 0 Å². The first kappa shape index (κ1) is 16.4. The molecule has 0 spiro atoms. The van der Waals surface area contributed by atoms with Crippen LogP contribution in [0.1, 0.15) is 18.1 Å². The molecule has 116 valence electrons. The van der Waals surface area contributed by atoms with Crippen molar-refractivity contribution in [2.24, 2.45) is 0 Å². The Hall–Kier alpha value is -2.01. The Labute approximate surface area is 135 Å². The van der Waals surface area contributed by atoms with Crippen LogP contribution in [-0.2, 0) is 4.79 Å². The van der Waals surface area contributed by atoms with E-state index in [2.05, 4.69) is 48.9 Å². The molecule has 22 heavy (non-hydrogen) atoms. The Kier molecular flexibility index (Phi) is 5.44. The number of hydrogen-bond acceptors (Lipinski definition) is 3. The highest BCUT2D eigenvalue weighted by Gasteiger charge is 2.17. The van der Waals surface area contributed by atoms with E-state index in [-0.39, 0.29) is 11.2 Å². The lowest BCUT2D eigenvalue weighted by Crippen LogP contribution is -2.31. The van der Waals surface area contributed by atoms with E-state index >= 15 is 0 Å². The minimum Gasteiger partial charge on any atom is -0.352 e. The number of nitrogens with zero attached hydrogens (tertiary/aromatic N) is 2. The Morgan fingerprint density at radius 1 is 1.50 bits per heavy atom. The van der Waals surface area contributed by atoms with Crippen molar-refractivity contribution in [1.29, 1.82) is 0 Å². The maximum Gasteiger partial charge on any atom is 0.233 e. The van der Waals surface area contributed by atoms with Crippen molar-refractivity contribution in [1.82, 2.24) is 14.9 Å². The second-order valence-electron chi connectivity index (χ2n) is 5.16. The summed E-state index contributed by atoms with van der Waals surface area (Å²) in [5.74, 6) is -0.0135. The van der Waals surface area contributed by atoms with Crippen molar-refractivity contribution >= 4 is 17.7 Å². The fourth-order valence-corrected chi connectivity index (χ4v) is 2.97. The first-order valence-electron chi connectivity index (χ1n) is 7.19. The monoisotopic (exact) mass is 315 g/mol. The Morgan fingerprint density at radius 2 is 2.27 bits per heavy atom. The fourth-order valence-electron chi connectivity index (χ4n) is 2.07. The maximum atomic E-state index is 12.0. The standard InChI is InChI=1S/C17H21N3OS/c1-5-8-18-16(21)14(4)22-17-19-9-10-20(17)15-11-12(2)6-7-13(15)3/h5-7,9-11,14H,1,8H2,2-4H3,(H,18,21). The van der Waals surface area contributed by atoms with Crippen LogP contribution in [-0.4, -0.2) is 27.3 Å². The topological polar surface area (TPSA) is 46.9 Å². The number of amides is 1. The number of hydrogen-bond donors (Lipinski definition) is 1. The lowest BCUT2D eigenvalue weighted by molar-refractivity contribution is -0.120. The second-order valence-corrected chi connectivity index (χ2v) is 6.47. The van der Waals surface area contributed by atoms with Gasteiger partial charge in [0.15, 0.2) is 5.16 Å². The average Bonchev–Trinajstić information content (AvgIpc) is 2.95. The summed E-state index contributed by atoms with van der Waals surface area (Å²) in [6, 6.07) is 6.32. The van der Waals surface area contributed by atoms with Crippen molar-refractivity contribution in [3.05, 3.63) is 54.4 Å². The summed E-state index contributed by atoms with van der Waals surface area (Å²) in [6.45, 7) is 10.1. The summed E-state index contributed by atoms with van der Waals surface area (Å²) in [6.07, 6.45) is 5.36. The average molecular weight is 315 g/mol. The van der Waals surface area contributed by atoms with Gasteiger partial charge in [0.25, 0.3) is 0 Å². The molecule has 2 rings (SSSR count). The van der Waals surface area contributed by atoms with Crippen LogP contribution in [0.25, 0.3) is 5.69 Å². The van der Waals surface area contributed by atoms with Gasteiger partial charge in [-0.3, -0.25) is 9.36 Å². The fraction of sp³-hybridized carbons (Fsp3) is 0.294. The highest BCUT2D eigenvalue weighted by molar-refractivity contribution is 8.00. The van der Waals surface area contributed by atoms with Gasteiger partial charge in [-0.05, 0) is 38.0 Å². The maximum absolute atomic E-state index is 12.0. The molecular formula is C17H21N3OS. The molecule has 1 heterocycles. The first-order chi connectivity index (χ1) is 10.5. The van der Waals surface area contributed by atoms with Crippen molar-refractivity contribution in [2.75, 3.05) is 6.54 Å². The van der Waals surface area contributed by atoms with Gasteiger partial charge in [0.1, 0.15) is 0 Å². The number of carbonyl (C=O) groups is 1. The predicted octanol–water partition coefficient (Wildman–Crippen LogP) is 3.27. The highest BCUT2D eigenvalue weighted by Crippen LogP contribution is 2.26. The van der Waals surface area contributed by atoms with Crippen LogP contribution < -0.4 is 5.32 Å². The highest BCUT2D eigenvalue weighted by atomic mass is 32.2. The number of aromatic nitrogens is 2. The number of rotatable bonds is 6. The zero-order chi connectivity index (χ0) is 16.1. The third-order valence-corrected chi connectivity index (χ3v) is 4.38. The number of thioether (sulfide) groups is 1. The number of nitrogens with one attached hydrogen (secondary N) is 1. The lowest BCUT2D eigenvalue weighted by Gasteiger charge is -2.14. The number of carbonyl (C=O) groups excluding carboxylic acids is 1.